The standard InChI is InChI=1S/C18H27N3/c1-2-8-19(7-1)16-13-17(20-9-3-4-10-20)15-18(14-16)21-11-5-6-12-21/h13-15H,1-12H2. The molecule has 0 bridgehead atoms. The average Bonchev–Trinajstić information content (AvgIpc) is 3.29. The van der Waals surface area contributed by atoms with E-state index in [0.29, 0.717) is 0 Å². The molecule has 3 heteroatoms. The molecule has 3 saturated heterocycles. The molecule has 0 saturated carbocycles. The predicted molar refractivity (Wildman–Crippen MR) is 90.8 cm³/mol. The number of hydrogen-bond acceptors (Lipinski definition) is 3. The van der Waals surface area contributed by atoms with Crippen LogP contribution >= 0.6 is 0 Å². The molecule has 1 aromatic carbocycles. The van der Waals surface area contributed by atoms with Crippen molar-refractivity contribution in [1.82, 2.24) is 0 Å². The molecule has 114 valence electrons. The lowest BCUT2D eigenvalue weighted by Crippen LogP contribution is -2.23. The molecule has 3 heterocycles. The van der Waals surface area contributed by atoms with E-state index in [-0.39, 0.29) is 0 Å². The van der Waals surface area contributed by atoms with Crippen LogP contribution in [-0.2, 0) is 0 Å². The van der Waals surface area contributed by atoms with Gasteiger partial charge in [0, 0.05) is 56.3 Å². The van der Waals surface area contributed by atoms with E-state index in [4.69, 9.17) is 0 Å². The van der Waals surface area contributed by atoms with E-state index in [1.165, 1.54) is 94.9 Å². The van der Waals surface area contributed by atoms with Crippen LogP contribution in [0, 0.1) is 0 Å². The summed E-state index contributed by atoms with van der Waals surface area (Å²) in [7, 11) is 0. The third-order valence-electron chi connectivity index (χ3n) is 5.30. The van der Waals surface area contributed by atoms with Crippen LogP contribution in [0.15, 0.2) is 18.2 Å². The summed E-state index contributed by atoms with van der Waals surface area (Å²) in [5, 5.41) is 0. The summed E-state index contributed by atoms with van der Waals surface area (Å²) in [6.07, 6.45) is 8.12. The van der Waals surface area contributed by atoms with Gasteiger partial charge in [-0.3, -0.25) is 0 Å². The Kier molecular flexibility index (Phi) is 3.66. The van der Waals surface area contributed by atoms with E-state index in [2.05, 4.69) is 32.9 Å². The molecular formula is C18H27N3. The maximum atomic E-state index is 2.58. The monoisotopic (exact) mass is 285 g/mol. The second-order valence-electron chi connectivity index (χ2n) is 6.79. The van der Waals surface area contributed by atoms with Crippen LogP contribution in [0.1, 0.15) is 38.5 Å². The molecule has 0 aliphatic carbocycles. The fraction of sp³-hybridized carbons (Fsp3) is 0.667. The molecule has 3 aliphatic heterocycles. The Morgan fingerprint density at radius 2 is 0.667 bits per heavy atom. The van der Waals surface area contributed by atoms with Gasteiger partial charge < -0.3 is 14.7 Å². The Hall–Kier alpha value is -1.38. The molecule has 0 radical (unpaired) electrons. The van der Waals surface area contributed by atoms with Gasteiger partial charge in [-0.25, -0.2) is 0 Å². The lowest BCUT2D eigenvalue weighted by molar-refractivity contribution is 0.932. The van der Waals surface area contributed by atoms with Gasteiger partial charge in [0.25, 0.3) is 0 Å². The lowest BCUT2D eigenvalue weighted by Gasteiger charge is -2.27. The van der Waals surface area contributed by atoms with Crippen molar-refractivity contribution < 1.29 is 0 Å². The maximum absolute atomic E-state index is 2.58. The predicted octanol–water partition coefficient (Wildman–Crippen LogP) is 3.49. The van der Waals surface area contributed by atoms with E-state index >= 15 is 0 Å². The summed E-state index contributed by atoms with van der Waals surface area (Å²) in [4.78, 5) is 7.75. The fourth-order valence-electron chi connectivity index (χ4n) is 4.05. The van der Waals surface area contributed by atoms with Crippen LogP contribution in [0.5, 0.6) is 0 Å². The van der Waals surface area contributed by atoms with Crippen LogP contribution in [0.25, 0.3) is 0 Å². The molecule has 0 amide bonds. The van der Waals surface area contributed by atoms with Crippen molar-refractivity contribution in [2.24, 2.45) is 0 Å². The van der Waals surface area contributed by atoms with E-state index in [9.17, 15) is 0 Å². The van der Waals surface area contributed by atoms with E-state index in [1.807, 2.05) is 0 Å². The van der Waals surface area contributed by atoms with Crippen LogP contribution in [-0.4, -0.2) is 39.3 Å². The summed E-state index contributed by atoms with van der Waals surface area (Å²) >= 11 is 0. The van der Waals surface area contributed by atoms with Crippen molar-refractivity contribution in [1.29, 1.82) is 0 Å². The summed E-state index contributed by atoms with van der Waals surface area (Å²) in [6, 6.07) is 7.32. The Bertz CT molecular complexity index is 397. The van der Waals surface area contributed by atoms with Gasteiger partial charge in [0.05, 0.1) is 0 Å². The highest BCUT2D eigenvalue weighted by atomic mass is 15.2. The smallest absolute Gasteiger partial charge is 0.0407 e. The highest BCUT2D eigenvalue weighted by Crippen LogP contribution is 2.34. The van der Waals surface area contributed by atoms with Crippen molar-refractivity contribution in [3.8, 4) is 0 Å². The van der Waals surface area contributed by atoms with Crippen LogP contribution in [0.4, 0.5) is 17.1 Å². The second-order valence-corrected chi connectivity index (χ2v) is 6.79. The number of rotatable bonds is 3. The minimum absolute atomic E-state index is 1.24. The Labute approximate surface area is 128 Å². The van der Waals surface area contributed by atoms with Crippen molar-refractivity contribution in [2.45, 2.75) is 38.5 Å². The minimum Gasteiger partial charge on any atom is -0.371 e. The fourth-order valence-corrected chi connectivity index (χ4v) is 4.05. The Morgan fingerprint density at radius 1 is 0.429 bits per heavy atom. The molecular weight excluding hydrogens is 258 g/mol. The van der Waals surface area contributed by atoms with Crippen molar-refractivity contribution in [3.05, 3.63) is 18.2 Å². The Balaban J connectivity index is 1.67. The van der Waals surface area contributed by atoms with Crippen molar-refractivity contribution in [2.75, 3.05) is 54.0 Å². The van der Waals surface area contributed by atoms with Gasteiger partial charge in [-0.15, -0.1) is 0 Å². The zero-order valence-electron chi connectivity index (χ0n) is 13.1. The molecule has 1 aromatic rings. The van der Waals surface area contributed by atoms with Crippen molar-refractivity contribution >= 4 is 17.1 Å². The topological polar surface area (TPSA) is 9.72 Å². The number of anilines is 3. The van der Waals surface area contributed by atoms with Gasteiger partial charge >= 0.3 is 0 Å². The molecule has 0 spiro atoms. The van der Waals surface area contributed by atoms with Gasteiger partial charge in [0.15, 0.2) is 0 Å². The summed E-state index contributed by atoms with van der Waals surface area (Å²) in [5.74, 6) is 0. The van der Waals surface area contributed by atoms with Gasteiger partial charge in [-0.05, 0) is 56.7 Å². The average molecular weight is 285 g/mol. The van der Waals surface area contributed by atoms with Crippen LogP contribution < -0.4 is 14.7 Å². The van der Waals surface area contributed by atoms with Crippen molar-refractivity contribution in [3.63, 3.8) is 0 Å². The van der Waals surface area contributed by atoms with E-state index in [1.54, 1.807) is 0 Å². The third-order valence-corrected chi connectivity index (χ3v) is 5.30. The molecule has 3 nitrogen and oxygen atoms in total. The first-order valence-corrected chi connectivity index (χ1v) is 8.80. The van der Waals surface area contributed by atoms with Gasteiger partial charge in [0.2, 0.25) is 0 Å². The maximum Gasteiger partial charge on any atom is 0.0407 e. The quantitative estimate of drug-likeness (QED) is 0.842. The van der Waals surface area contributed by atoms with E-state index < -0.39 is 0 Å². The third kappa shape index (κ3) is 2.70. The molecule has 0 atom stereocenters. The number of benzene rings is 1. The summed E-state index contributed by atoms with van der Waals surface area (Å²) in [5.41, 5.74) is 4.37. The Morgan fingerprint density at radius 3 is 0.905 bits per heavy atom. The largest absolute Gasteiger partial charge is 0.371 e. The molecule has 3 fully saturated rings. The zero-order chi connectivity index (χ0) is 14.1. The zero-order valence-corrected chi connectivity index (χ0v) is 13.1. The minimum atomic E-state index is 1.24. The highest BCUT2D eigenvalue weighted by molar-refractivity contribution is 5.70. The first-order valence-electron chi connectivity index (χ1n) is 8.80. The molecule has 4 rings (SSSR count). The number of nitrogens with zero attached hydrogens (tertiary/aromatic N) is 3. The summed E-state index contributed by atoms with van der Waals surface area (Å²) in [6.45, 7) is 7.43. The molecule has 0 N–H and O–H groups in total. The SMILES string of the molecule is c1c(N2CCCC2)cc(N2CCCC2)cc1N1CCCC1. The summed E-state index contributed by atoms with van der Waals surface area (Å²) < 4.78 is 0. The molecule has 0 aromatic heterocycles. The normalized spacial score (nSPS) is 22.6. The van der Waals surface area contributed by atoms with Gasteiger partial charge in [-0.1, -0.05) is 0 Å². The van der Waals surface area contributed by atoms with Gasteiger partial charge in [0.1, 0.15) is 0 Å². The van der Waals surface area contributed by atoms with E-state index in [0.717, 1.165) is 0 Å². The van der Waals surface area contributed by atoms with Crippen LogP contribution in [0.3, 0.4) is 0 Å². The molecule has 3 aliphatic rings. The molecule has 21 heavy (non-hydrogen) atoms. The number of hydrogen-bond donors (Lipinski definition) is 0. The molecule has 0 unspecified atom stereocenters. The van der Waals surface area contributed by atoms with Gasteiger partial charge in [-0.2, -0.15) is 0 Å². The highest BCUT2D eigenvalue weighted by Gasteiger charge is 2.20. The first kappa shape index (κ1) is 13.3. The first-order chi connectivity index (χ1) is 10.4. The second kappa shape index (κ2) is 5.78. The van der Waals surface area contributed by atoms with Crippen LogP contribution in [0.2, 0.25) is 0 Å². The lowest BCUT2D eigenvalue weighted by atomic mass is 10.2.